The maximum absolute atomic E-state index is 12.5. The van der Waals surface area contributed by atoms with Crippen LogP contribution in [-0.4, -0.2) is 24.5 Å². The highest BCUT2D eigenvalue weighted by molar-refractivity contribution is 5.95. The van der Waals surface area contributed by atoms with Crippen molar-refractivity contribution in [1.82, 2.24) is 5.32 Å². The van der Waals surface area contributed by atoms with E-state index in [1.54, 1.807) is 30.3 Å². The van der Waals surface area contributed by atoms with Crippen molar-refractivity contribution in [3.8, 4) is 5.75 Å². The van der Waals surface area contributed by atoms with Crippen molar-refractivity contribution in [3.05, 3.63) is 65.7 Å². The Hall–Kier alpha value is -2.96. The third-order valence-corrected chi connectivity index (χ3v) is 3.81. The van der Waals surface area contributed by atoms with E-state index in [0.29, 0.717) is 5.56 Å². The van der Waals surface area contributed by atoms with Gasteiger partial charge in [0.25, 0.3) is 5.91 Å². The summed E-state index contributed by atoms with van der Waals surface area (Å²) < 4.78 is 34.8. The summed E-state index contributed by atoms with van der Waals surface area (Å²) in [5.41, 5.74) is 0.319. The maximum atomic E-state index is 12.5. The second-order valence-electron chi connectivity index (χ2n) is 5.85. The van der Waals surface area contributed by atoms with Gasteiger partial charge in [0.2, 0.25) is 6.10 Å². The minimum Gasteiger partial charge on any atom is -0.444 e. The maximum Gasteiger partial charge on any atom is 0.387 e. The number of hydrogen-bond acceptors (Lipinski definition) is 4. The van der Waals surface area contributed by atoms with Gasteiger partial charge in [-0.3, -0.25) is 4.79 Å². The number of nitrogens with one attached hydrogen (secondary N) is 1. The zero-order valence-corrected chi connectivity index (χ0v) is 13.7. The molecular weight excluding hydrogens is 344 g/mol. The quantitative estimate of drug-likeness (QED) is 0.767. The number of para-hydroxylation sites is 1. The van der Waals surface area contributed by atoms with Crippen LogP contribution in [0, 0.1) is 0 Å². The van der Waals surface area contributed by atoms with Crippen LogP contribution in [0.1, 0.15) is 34.9 Å². The SMILES string of the molecule is O=C(O[C@H](C(=O)NC1CC1)c1ccccc1)c1ccccc1OC(F)F. The molecule has 2 aromatic carbocycles. The van der Waals surface area contributed by atoms with Crippen molar-refractivity contribution in [2.75, 3.05) is 0 Å². The largest absolute Gasteiger partial charge is 0.444 e. The normalized spacial score (nSPS) is 14.6. The van der Waals surface area contributed by atoms with Gasteiger partial charge < -0.3 is 14.8 Å². The van der Waals surface area contributed by atoms with E-state index in [-0.39, 0.29) is 17.4 Å². The minimum atomic E-state index is -3.08. The highest BCUT2D eigenvalue weighted by Crippen LogP contribution is 2.27. The first-order valence-corrected chi connectivity index (χ1v) is 8.14. The van der Waals surface area contributed by atoms with E-state index in [0.717, 1.165) is 12.8 Å². The molecule has 136 valence electrons. The molecule has 0 saturated heterocycles. The summed E-state index contributed by atoms with van der Waals surface area (Å²) in [6.07, 6.45) is 0.585. The Labute approximate surface area is 148 Å². The van der Waals surface area contributed by atoms with Gasteiger partial charge in [-0.25, -0.2) is 4.79 Å². The molecule has 1 atom stereocenters. The number of hydrogen-bond donors (Lipinski definition) is 1. The highest BCUT2D eigenvalue weighted by Gasteiger charge is 2.31. The Morgan fingerprint density at radius 2 is 1.65 bits per heavy atom. The minimum absolute atomic E-state index is 0.0851. The molecule has 1 aliphatic rings. The molecule has 0 aliphatic heterocycles. The van der Waals surface area contributed by atoms with E-state index in [4.69, 9.17) is 4.74 Å². The van der Waals surface area contributed by atoms with Crippen molar-refractivity contribution in [3.63, 3.8) is 0 Å². The van der Waals surface area contributed by atoms with Gasteiger partial charge in [-0.2, -0.15) is 8.78 Å². The molecule has 0 heterocycles. The predicted molar refractivity (Wildman–Crippen MR) is 88.8 cm³/mol. The van der Waals surface area contributed by atoms with Crippen LogP contribution in [0.25, 0.3) is 0 Å². The number of carbonyl (C=O) groups excluding carboxylic acids is 2. The number of esters is 1. The first-order valence-electron chi connectivity index (χ1n) is 8.14. The fraction of sp³-hybridized carbons (Fsp3) is 0.263. The van der Waals surface area contributed by atoms with Crippen molar-refractivity contribution < 1.29 is 27.8 Å². The highest BCUT2D eigenvalue weighted by atomic mass is 19.3. The van der Waals surface area contributed by atoms with Crippen molar-refractivity contribution >= 4 is 11.9 Å². The monoisotopic (exact) mass is 361 g/mol. The fourth-order valence-electron chi connectivity index (χ4n) is 2.41. The molecule has 2 aromatic rings. The molecule has 5 nitrogen and oxygen atoms in total. The molecule has 1 N–H and O–H groups in total. The summed E-state index contributed by atoms with van der Waals surface area (Å²) in [5.74, 6) is -1.66. The number of rotatable bonds is 7. The third-order valence-electron chi connectivity index (χ3n) is 3.81. The number of halogens is 2. The Morgan fingerprint density at radius 3 is 2.31 bits per heavy atom. The van der Waals surface area contributed by atoms with Crippen LogP contribution in [0.2, 0.25) is 0 Å². The summed E-state index contributed by atoms with van der Waals surface area (Å²) in [6.45, 7) is -3.08. The van der Waals surface area contributed by atoms with Gasteiger partial charge in [-0.15, -0.1) is 0 Å². The zero-order chi connectivity index (χ0) is 18.5. The topological polar surface area (TPSA) is 64.6 Å². The van der Waals surface area contributed by atoms with Crippen LogP contribution in [0.15, 0.2) is 54.6 Å². The molecule has 26 heavy (non-hydrogen) atoms. The van der Waals surface area contributed by atoms with E-state index in [1.807, 2.05) is 0 Å². The molecule has 1 saturated carbocycles. The first kappa shape index (κ1) is 17.8. The summed E-state index contributed by atoms with van der Waals surface area (Å²) in [6, 6.07) is 14.1. The molecule has 0 bridgehead atoms. The van der Waals surface area contributed by atoms with Gasteiger partial charge in [-0.05, 0) is 25.0 Å². The second kappa shape index (κ2) is 7.95. The van der Waals surface area contributed by atoms with Crippen LogP contribution in [0.5, 0.6) is 5.75 Å². The Balaban J connectivity index is 1.82. The number of carbonyl (C=O) groups is 2. The Morgan fingerprint density at radius 1 is 1.00 bits per heavy atom. The Bertz CT molecular complexity index is 778. The van der Waals surface area contributed by atoms with Gasteiger partial charge in [0.1, 0.15) is 11.3 Å². The fourth-order valence-corrected chi connectivity index (χ4v) is 2.41. The number of ether oxygens (including phenoxy) is 2. The molecule has 0 unspecified atom stereocenters. The number of alkyl halides is 2. The van der Waals surface area contributed by atoms with Crippen molar-refractivity contribution in [1.29, 1.82) is 0 Å². The summed E-state index contributed by atoms with van der Waals surface area (Å²) >= 11 is 0. The lowest BCUT2D eigenvalue weighted by Crippen LogP contribution is -2.33. The molecule has 1 fully saturated rings. The standard InChI is InChI=1S/C19H17F2NO4/c20-19(21)25-15-9-5-4-8-14(15)18(24)26-16(12-6-2-1-3-7-12)17(23)22-13-10-11-13/h1-9,13,16,19H,10-11H2,(H,22,23)/t16-/m0/s1. The summed E-state index contributed by atoms with van der Waals surface area (Å²) in [5, 5.41) is 2.79. The number of amides is 1. The summed E-state index contributed by atoms with van der Waals surface area (Å²) in [4.78, 5) is 25.0. The molecule has 1 aliphatic carbocycles. The zero-order valence-electron chi connectivity index (χ0n) is 13.7. The average molecular weight is 361 g/mol. The number of benzene rings is 2. The molecule has 3 rings (SSSR count). The van der Waals surface area contributed by atoms with E-state index in [2.05, 4.69) is 10.1 Å². The molecular formula is C19H17F2NO4. The van der Waals surface area contributed by atoms with E-state index in [9.17, 15) is 18.4 Å². The molecule has 0 radical (unpaired) electrons. The third kappa shape index (κ3) is 4.56. The molecule has 0 spiro atoms. The van der Waals surface area contributed by atoms with Gasteiger partial charge in [-0.1, -0.05) is 42.5 Å². The first-order chi connectivity index (χ1) is 12.5. The lowest BCUT2D eigenvalue weighted by Gasteiger charge is -2.19. The van der Waals surface area contributed by atoms with Gasteiger partial charge in [0, 0.05) is 11.6 Å². The lowest BCUT2D eigenvalue weighted by molar-refractivity contribution is -0.130. The lowest BCUT2D eigenvalue weighted by atomic mass is 10.1. The van der Waals surface area contributed by atoms with Gasteiger partial charge in [0.15, 0.2) is 0 Å². The second-order valence-corrected chi connectivity index (χ2v) is 5.85. The van der Waals surface area contributed by atoms with Crippen LogP contribution in [-0.2, 0) is 9.53 Å². The van der Waals surface area contributed by atoms with Crippen LogP contribution in [0.4, 0.5) is 8.78 Å². The van der Waals surface area contributed by atoms with Crippen LogP contribution in [0.3, 0.4) is 0 Å². The molecule has 1 amide bonds. The predicted octanol–water partition coefficient (Wildman–Crippen LogP) is 3.46. The molecule has 7 heteroatoms. The van der Waals surface area contributed by atoms with Gasteiger partial charge in [0.05, 0.1) is 0 Å². The summed E-state index contributed by atoms with van der Waals surface area (Å²) in [7, 11) is 0. The van der Waals surface area contributed by atoms with Crippen LogP contribution < -0.4 is 10.1 Å². The van der Waals surface area contributed by atoms with E-state index >= 15 is 0 Å². The van der Waals surface area contributed by atoms with Crippen molar-refractivity contribution in [2.24, 2.45) is 0 Å². The average Bonchev–Trinajstić information content (AvgIpc) is 3.44. The Kier molecular flexibility index (Phi) is 5.46. The van der Waals surface area contributed by atoms with E-state index < -0.39 is 24.6 Å². The smallest absolute Gasteiger partial charge is 0.387 e. The van der Waals surface area contributed by atoms with Crippen LogP contribution >= 0.6 is 0 Å². The van der Waals surface area contributed by atoms with E-state index in [1.165, 1.54) is 24.3 Å². The van der Waals surface area contributed by atoms with Gasteiger partial charge >= 0.3 is 12.6 Å². The van der Waals surface area contributed by atoms with Crippen molar-refractivity contribution in [2.45, 2.75) is 31.6 Å². The molecule has 0 aromatic heterocycles.